The summed E-state index contributed by atoms with van der Waals surface area (Å²) in [6.07, 6.45) is 3.19. The molecule has 0 saturated carbocycles. The minimum absolute atomic E-state index is 0.0280. The maximum absolute atomic E-state index is 14.3. The number of fused-ring (bicyclic) bond motifs is 13. The Morgan fingerprint density at radius 2 is 2.00 bits per heavy atom. The van der Waals surface area contributed by atoms with Gasteiger partial charge in [-0.05, 0) is 37.1 Å². The summed E-state index contributed by atoms with van der Waals surface area (Å²) in [6, 6.07) is 6.58. The molecule has 0 aliphatic carbocycles. The van der Waals surface area contributed by atoms with Crippen LogP contribution in [-0.2, 0) is 4.79 Å². The fourth-order valence-electron chi connectivity index (χ4n) is 3.71. The number of nitrogens with one attached hydrogen (secondary N) is 4. The Bertz CT molecular complexity index is 1330. The van der Waals surface area contributed by atoms with Gasteiger partial charge in [-0.3, -0.25) is 4.79 Å². The van der Waals surface area contributed by atoms with E-state index in [0.717, 1.165) is 23.4 Å². The molecule has 0 unspecified atom stereocenters. The fourth-order valence-corrected chi connectivity index (χ4v) is 4.38. The van der Waals surface area contributed by atoms with Crippen LogP contribution in [0.2, 0.25) is 0 Å². The molecule has 9 nitrogen and oxygen atoms in total. The first kappa shape index (κ1) is 21.3. The molecule has 170 valence electrons. The number of halogens is 1. The van der Waals surface area contributed by atoms with Crippen LogP contribution in [-0.4, -0.2) is 51.7 Å². The standard InChI is InChI=1S/C22H22FN7O2S/c1-24-15-9-12(23)8-14-18-20-26-7-3-2-6-25-16(31)11-33-17-5-4-13(10-27-17)32-22(29-20)30-21(18)28-19(14)15/h4-5,8-10,24H,2-3,6-7,11H2,1H3,(H,25,31)(H2,26,28,29,30). The largest absolute Gasteiger partial charge is 0.423 e. The third kappa shape index (κ3) is 4.49. The zero-order chi connectivity index (χ0) is 22.8. The first-order valence-corrected chi connectivity index (χ1v) is 11.6. The van der Waals surface area contributed by atoms with E-state index in [2.05, 4.69) is 35.9 Å². The Balaban J connectivity index is 1.59. The summed E-state index contributed by atoms with van der Waals surface area (Å²) in [5, 5.41) is 11.3. The van der Waals surface area contributed by atoms with E-state index in [9.17, 15) is 9.18 Å². The van der Waals surface area contributed by atoms with Gasteiger partial charge >= 0.3 is 6.01 Å². The van der Waals surface area contributed by atoms with Crippen molar-refractivity contribution in [1.82, 2.24) is 25.3 Å². The number of rotatable bonds is 1. The number of pyridine rings is 1. The smallest absolute Gasteiger partial charge is 0.326 e. The second-order valence-corrected chi connectivity index (χ2v) is 8.53. The molecule has 6 rings (SSSR count). The van der Waals surface area contributed by atoms with Crippen molar-refractivity contribution in [3.63, 3.8) is 0 Å². The number of thioether (sulfide) groups is 1. The van der Waals surface area contributed by atoms with Gasteiger partial charge in [-0.15, -0.1) is 0 Å². The summed E-state index contributed by atoms with van der Waals surface area (Å²) in [6.45, 7) is 1.21. The lowest BCUT2D eigenvalue weighted by molar-refractivity contribution is -0.118. The molecule has 0 fully saturated rings. The molecule has 2 aliphatic heterocycles. The minimum Gasteiger partial charge on any atom is -0.423 e. The predicted octanol–water partition coefficient (Wildman–Crippen LogP) is 3.89. The molecule has 0 spiro atoms. The summed E-state index contributed by atoms with van der Waals surface area (Å²) in [7, 11) is 1.74. The lowest BCUT2D eigenvalue weighted by Crippen LogP contribution is -2.26. The van der Waals surface area contributed by atoms with Gasteiger partial charge in [-0.2, -0.15) is 9.97 Å². The third-order valence-corrected chi connectivity index (χ3v) is 6.21. The van der Waals surface area contributed by atoms with Crippen molar-refractivity contribution in [3.8, 4) is 11.8 Å². The van der Waals surface area contributed by atoms with E-state index >= 15 is 0 Å². The molecule has 4 aromatic rings. The van der Waals surface area contributed by atoms with Gasteiger partial charge in [0.15, 0.2) is 0 Å². The number of H-pyrrole nitrogens is 1. The van der Waals surface area contributed by atoms with Crippen molar-refractivity contribution in [3.05, 3.63) is 36.3 Å². The molecule has 4 N–H and O–H groups in total. The zero-order valence-electron chi connectivity index (χ0n) is 17.9. The Hall–Kier alpha value is -3.60. The van der Waals surface area contributed by atoms with E-state index in [1.165, 1.54) is 23.9 Å². The summed E-state index contributed by atoms with van der Waals surface area (Å²) in [4.78, 5) is 28.7. The van der Waals surface area contributed by atoms with Crippen LogP contribution in [0, 0.1) is 5.82 Å². The lowest BCUT2D eigenvalue weighted by atomic mass is 10.1. The third-order valence-electron chi connectivity index (χ3n) is 5.26. The van der Waals surface area contributed by atoms with Crippen LogP contribution in [0.1, 0.15) is 12.8 Å². The second-order valence-electron chi connectivity index (χ2n) is 7.54. The van der Waals surface area contributed by atoms with Gasteiger partial charge in [0.2, 0.25) is 5.91 Å². The van der Waals surface area contributed by atoms with E-state index in [0.29, 0.717) is 52.5 Å². The molecule has 1 aromatic carbocycles. The monoisotopic (exact) mass is 467 g/mol. The van der Waals surface area contributed by atoms with E-state index in [1.54, 1.807) is 25.4 Å². The van der Waals surface area contributed by atoms with Crippen molar-refractivity contribution in [2.75, 3.05) is 36.5 Å². The topological polar surface area (TPSA) is 117 Å². The summed E-state index contributed by atoms with van der Waals surface area (Å²) >= 11 is 1.36. The van der Waals surface area contributed by atoms with Gasteiger partial charge in [0.25, 0.3) is 0 Å². The number of benzene rings is 1. The van der Waals surface area contributed by atoms with Crippen molar-refractivity contribution >= 4 is 51.1 Å². The number of amides is 1. The number of nitrogens with zero attached hydrogens (tertiary/aromatic N) is 3. The minimum atomic E-state index is -0.357. The zero-order valence-corrected chi connectivity index (χ0v) is 18.7. The molecular weight excluding hydrogens is 445 g/mol. The van der Waals surface area contributed by atoms with Gasteiger partial charge in [-0.25, -0.2) is 9.37 Å². The molecule has 0 saturated heterocycles. The highest BCUT2D eigenvalue weighted by atomic mass is 32.2. The Morgan fingerprint density at radius 1 is 1.15 bits per heavy atom. The first-order valence-electron chi connectivity index (χ1n) is 10.6. The highest BCUT2D eigenvalue weighted by molar-refractivity contribution is 7.99. The predicted molar refractivity (Wildman–Crippen MR) is 127 cm³/mol. The molecule has 3 aromatic heterocycles. The number of anilines is 2. The molecular formula is C22H22FN7O2S. The first-order chi connectivity index (χ1) is 16.1. The van der Waals surface area contributed by atoms with E-state index < -0.39 is 0 Å². The average Bonchev–Trinajstić information content (AvgIpc) is 3.18. The van der Waals surface area contributed by atoms with Crippen molar-refractivity contribution in [2.24, 2.45) is 0 Å². The van der Waals surface area contributed by atoms with E-state index in [4.69, 9.17) is 4.74 Å². The number of ether oxygens (including phenoxy) is 1. The van der Waals surface area contributed by atoms with Gasteiger partial charge in [-0.1, -0.05) is 11.8 Å². The highest BCUT2D eigenvalue weighted by Crippen LogP contribution is 2.35. The highest BCUT2D eigenvalue weighted by Gasteiger charge is 2.18. The van der Waals surface area contributed by atoms with Gasteiger partial charge in [0.1, 0.15) is 23.0 Å². The molecule has 1 amide bonds. The second kappa shape index (κ2) is 9.10. The number of hydrogen-bond donors (Lipinski definition) is 4. The molecule has 33 heavy (non-hydrogen) atoms. The van der Waals surface area contributed by atoms with Crippen molar-refractivity contribution in [1.29, 1.82) is 0 Å². The van der Waals surface area contributed by atoms with Crippen LogP contribution in [0.15, 0.2) is 35.5 Å². The Morgan fingerprint density at radius 3 is 2.79 bits per heavy atom. The number of hydrogen-bond acceptors (Lipinski definition) is 8. The van der Waals surface area contributed by atoms with Crippen LogP contribution in [0.4, 0.5) is 15.9 Å². The van der Waals surface area contributed by atoms with Crippen LogP contribution >= 0.6 is 11.8 Å². The number of aromatic amines is 1. The van der Waals surface area contributed by atoms with Crippen molar-refractivity contribution in [2.45, 2.75) is 17.9 Å². The fraction of sp³-hybridized carbons (Fsp3) is 0.273. The normalized spacial score (nSPS) is 15.0. The SMILES string of the molecule is CNc1cc(F)cc2c1[nH]c1nc3nc(c12)NCCCCNC(=O)CSc1ccc(cn1)O3. The van der Waals surface area contributed by atoms with Crippen LogP contribution < -0.4 is 20.7 Å². The van der Waals surface area contributed by atoms with E-state index in [-0.39, 0.29) is 17.7 Å². The van der Waals surface area contributed by atoms with Crippen LogP contribution in [0.5, 0.6) is 11.8 Å². The quantitative estimate of drug-likeness (QED) is 0.333. The van der Waals surface area contributed by atoms with Gasteiger partial charge < -0.3 is 25.7 Å². The Kier molecular flexibility index (Phi) is 5.86. The summed E-state index contributed by atoms with van der Waals surface area (Å²) < 4.78 is 20.2. The maximum Gasteiger partial charge on any atom is 0.326 e. The average molecular weight is 468 g/mol. The van der Waals surface area contributed by atoms with Gasteiger partial charge in [0, 0.05) is 25.5 Å². The maximum atomic E-state index is 14.3. The van der Waals surface area contributed by atoms with Crippen LogP contribution in [0.25, 0.3) is 21.9 Å². The molecule has 0 radical (unpaired) electrons. The lowest BCUT2D eigenvalue weighted by Gasteiger charge is -2.10. The van der Waals surface area contributed by atoms with Gasteiger partial charge in [0.05, 0.1) is 33.6 Å². The molecule has 5 heterocycles. The number of carbonyl (C=O) groups is 1. The molecule has 2 aliphatic rings. The van der Waals surface area contributed by atoms with Crippen LogP contribution in [0.3, 0.4) is 0 Å². The Labute approximate surface area is 192 Å². The number of carbonyl (C=O) groups excluding carboxylic acids is 1. The van der Waals surface area contributed by atoms with Crippen molar-refractivity contribution < 1.29 is 13.9 Å². The summed E-state index contributed by atoms with van der Waals surface area (Å²) in [5.74, 6) is 0.932. The van der Waals surface area contributed by atoms with E-state index in [1.807, 2.05) is 0 Å². The summed E-state index contributed by atoms with van der Waals surface area (Å²) in [5.41, 5.74) is 1.89. The molecule has 0 atom stereocenters. The number of aromatic nitrogens is 4. The molecule has 4 bridgehead atoms. The molecule has 11 heteroatoms.